The van der Waals surface area contributed by atoms with Crippen LogP contribution in [0.5, 0.6) is 5.75 Å². The molecule has 0 bridgehead atoms. The summed E-state index contributed by atoms with van der Waals surface area (Å²) in [5.41, 5.74) is 0.790. The molecule has 3 rings (SSSR count). The first-order chi connectivity index (χ1) is 16.8. The van der Waals surface area contributed by atoms with E-state index in [1.54, 1.807) is 23.9 Å². The maximum Gasteiger partial charge on any atom is 0.264 e. The van der Waals surface area contributed by atoms with E-state index in [0.717, 1.165) is 27.4 Å². The number of sulfonamides is 1. The topological polar surface area (TPSA) is 75.7 Å². The van der Waals surface area contributed by atoms with Crippen molar-refractivity contribution in [3.8, 4) is 5.75 Å². The zero-order valence-electron chi connectivity index (χ0n) is 19.1. The normalized spacial score (nSPS) is 11.2. The van der Waals surface area contributed by atoms with Crippen molar-refractivity contribution in [2.45, 2.75) is 17.1 Å². The summed E-state index contributed by atoms with van der Waals surface area (Å²) in [4.78, 5) is 12.5. The van der Waals surface area contributed by atoms with Crippen molar-refractivity contribution < 1.29 is 26.7 Å². The number of benzene rings is 3. The van der Waals surface area contributed by atoms with Crippen LogP contribution in [0.25, 0.3) is 0 Å². The third kappa shape index (κ3) is 7.43. The molecule has 0 radical (unpaired) electrons. The molecule has 35 heavy (non-hydrogen) atoms. The molecule has 0 fully saturated rings. The van der Waals surface area contributed by atoms with Gasteiger partial charge in [0, 0.05) is 12.3 Å². The molecule has 186 valence electrons. The monoisotopic (exact) mass is 520 g/mol. The number of ether oxygens (including phenoxy) is 1. The van der Waals surface area contributed by atoms with Crippen LogP contribution in [0.4, 0.5) is 14.5 Å². The zero-order chi connectivity index (χ0) is 25.3. The fourth-order valence-corrected chi connectivity index (χ4v) is 5.54. The Morgan fingerprint density at radius 2 is 1.69 bits per heavy atom. The number of carbonyl (C=O) groups excluding carboxylic acids is 1. The van der Waals surface area contributed by atoms with E-state index in [1.807, 2.05) is 0 Å². The number of hydrogen-bond donors (Lipinski definition) is 1. The Kier molecular flexibility index (Phi) is 9.50. The van der Waals surface area contributed by atoms with Crippen LogP contribution >= 0.6 is 11.8 Å². The molecule has 0 spiro atoms. The smallest absolute Gasteiger partial charge is 0.264 e. The molecule has 6 nitrogen and oxygen atoms in total. The fraction of sp³-hybridized carbons (Fsp3) is 0.240. The minimum atomic E-state index is -4.22. The van der Waals surface area contributed by atoms with Crippen molar-refractivity contribution in [2.24, 2.45) is 0 Å². The van der Waals surface area contributed by atoms with Gasteiger partial charge in [0.15, 0.2) is 0 Å². The minimum Gasteiger partial charge on any atom is -0.497 e. The molecule has 1 N–H and O–H groups in total. The predicted octanol–water partition coefficient (Wildman–Crippen LogP) is 4.61. The van der Waals surface area contributed by atoms with E-state index in [-0.39, 0.29) is 16.4 Å². The number of carbonyl (C=O) groups is 1. The van der Waals surface area contributed by atoms with E-state index >= 15 is 0 Å². The number of rotatable bonds is 12. The molecule has 0 heterocycles. The second-order valence-electron chi connectivity index (χ2n) is 7.52. The van der Waals surface area contributed by atoms with Crippen molar-refractivity contribution in [1.82, 2.24) is 5.32 Å². The van der Waals surface area contributed by atoms with E-state index in [2.05, 4.69) is 5.32 Å². The zero-order valence-corrected chi connectivity index (χ0v) is 20.7. The van der Waals surface area contributed by atoms with Crippen molar-refractivity contribution >= 4 is 33.4 Å². The predicted molar refractivity (Wildman–Crippen MR) is 134 cm³/mol. The lowest BCUT2D eigenvalue weighted by molar-refractivity contribution is -0.119. The van der Waals surface area contributed by atoms with Gasteiger partial charge in [-0.2, -0.15) is 11.8 Å². The Labute approximate surface area is 208 Å². The molecule has 3 aromatic rings. The lowest BCUT2D eigenvalue weighted by Gasteiger charge is -2.24. The van der Waals surface area contributed by atoms with Crippen LogP contribution in [0.15, 0.2) is 77.7 Å². The number of anilines is 1. The average molecular weight is 521 g/mol. The summed E-state index contributed by atoms with van der Waals surface area (Å²) in [7, 11) is -2.76. The highest BCUT2D eigenvalue weighted by Crippen LogP contribution is 2.27. The SMILES string of the molecule is COc1ccc(S(=O)(=O)N(CC(=O)NCCCSCc2ccc(F)cc2)c2ccccc2F)cc1. The Balaban J connectivity index is 1.60. The first-order valence-corrected chi connectivity index (χ1v) is 13.4. The average Bonchev–Trinajstić information content (AvgIpc) is 2.86. The number of halogens is 2. The molecule has 0 aliphatic carbocycles. The molecule has 0 saturated heterocycles. The molecule has 1 amide bonds. The van der Waals surface area contributed by atoms with Gasteiger partial charge in [-0.25, -0.2) is 17.2 Å². The second kappa shape index (κ2) is 12.6. The Bertz CT molecular complexity index is 1220. The van der Waals surface area contributed by atoms with Crippen LogP contribution in [0.1, 0.15) is 12.0 Å². The highest BCUT2D eigenvalue weighted by molar-refractivity contribution is 7.98. The van der Waals surface area contributed by atoms with E-state index in [1.165, 1.54) is 61.7 Å². The number of nitrogens with one attached hydrogen (secondary N) is 1. The Hall–Kier alpha value is -3.11. The van der Waals surface area contributed by atoms with Gasteiger partial charge in [-0.15, -0.1) is 0 Å². The number of para-hydroxylation sites is 1. The van der Waals surface area contributed by atoms with E-state index < -0.39 is 28.3 Å². The summed E-state index contributed by atoms with van der Waals surface area (Å²) in [6, 6.07) is 17.3. The molecule has 0 atom stereocenters. The van der Waals surface area contributed by atoms with Gasteiger partial charge in [-0.3, -0.25) is 9.10 Å². The molecule has 10 heteroatoms. The lowest BCUT2D eigenvalue weighted by atomic mass is 10.2. The molecule has 0 aliphatic heterocycles. The summed E-state index contributed by atoms with van der Waals surface area (Å²) in [5.74, 6) is 0.355. The summed E-state index contributed by atoms with van der Waals surface area (Å²) in [6.07, 6.45) is 0.655. The number of thioether (sulfide) groups is 1. The van der Waals surface area contributed by atoms with E-state index in [9.17, 15) is 22.0 Å². The third-order valence-electron chi connectivity index (χ3n) is 5.03. The molecule has 0 aliphatic rings. The van der Waals surface area contributed by atoms with Gasteiger partial charge >= 0.3 is 0 Å². The quantitative estimate of drug-likeness (QED) is 0.353. The summed E-state index contributed by atoms with van der Waals surface area (Å²) in [5, 5.41) is 2.70. The van der Waals surface area contributed by atoms with Crippen molar-refractivity contribution in [1.29, 1.82) is 0 Å². The molecule has 0 unspecified atom stereocenters. The van der Waals surface area contributed by atoms with Gasteiger partial charge < -0.3 is 10.1 Å². The Morgan fingerprint density at radius 1 is 1.00 bits per heavy atom. The minimum absolute atomic E-state index is 0.0912. The maximum atomic E-state index is 14.5. The summed E-state index contributed by atoms with van der Waals surface area (Å²) >= 11 is 1.64. The number of hydrogen-bond acceptors (Lipinski definition) is 5. The number of amides is 1. The van der Waals surface area contributed by atoms with Gasteiger partial charge in [0.25, 0.3) is 10.0 Å². The van der Waals surface area contributed by atoms with Crippen LogP contribution in [0.2, 0.25) is 0 Å². The van der Waals surface area contributed by atoms with E-state index in [0.29, 0.717) is 18.7 Å². The van der Waals surface area contributed by atoms with Gasteiger partial charge in [-0.05, 0) is 66.3 Å². The summed E-state index contributed by atoms with van der Waals surface area (Å²) < 4.78 is 59.9. The summed E-state index contributed by atoms with van der Waals surface area (Å²) in [6.45, 7) is -0.235. The Morgan fingerprint density at radius 3 is 2.34 bits per heavy atom. The third-order valence-corrected chi connectivity index (χ3v) is 7.91. The van der Waals surface area contributed by atoms with Gasteiger partial charge in [0.2, 0.25) is 5.91 Å². The highest BCUT2D eigenvalue weighted by Gasteiger charge is 2.29. The largest absolute Gasteiger partial charge is 0.497 e. The van der Waals surface area contributed by atoms with Crippen LogP contribution in [-0.2, 0) is 20.6 Å². The second-order valence-corrected chi connectivity index (χ2v) is 10.5. The lowest BCUT2D eigenvalue weighted by Crippen LogP contribution is -2.41. The standard InChI is InChI=1S/C25H26F2N2O4S2/c1-33-21-11-13-22(14-12-21)35(31,32)29(24-6-3-2-5-23(24)27)17-25(30)28-15-4-16-34-18-19-7-9-20(26)10-8-19/h2-3,5-14H,4,15-18H2,1H3,(H,28,30). The number of nitrogens with zero attached hydrogens (tertiary/aromatic N) is 1. The van der Waals surface area contributed by atoms with Crippen LogP contribution < -0.4 is 14.4 Å². The molecular weight excluding hydrogens is 494 g/mol. The van der Waals surface area contributed by atoms with Crippen LogP contribution in [0, 0.1) is 11.6 Å². The van der Waals surface area contributed by atoms with Gasteiger partial charge in [-0.1, -0.05) is 24.3 Å². The maximum absolute atomic E-state index is 14.5. The fourth-order valence-electron chi connectivity index (χ4n) is 3.19. The van der Waals surface area contributed by atoms with Gasteiger partial charge in [0.1, 0.15) is 23.9 Å². The highest BCUT2D eigenvalue weighted by atomic mass is 32.2. The van der Waals surface area contributed by atoms with Crippen molar-refractivity contribution in [2.75, 3.05) is 30.3 Å². The molecule has 0 aromatic heterocycles. The van der Waals surface area contributed by atoms with Crippen LogP contribution in [0.3, 0.4) is 0 Å². The molecule has 0 saturated carbocycles. The molecule has 3 aromatic carbocycles. The first-order valence-electron chi connectivity index (χ1n) is 10.8. The number of methoxy groups -OCH3 is 1. The van der Waals surface area contributed by atoms with E-state index in [4.69, 9.17) is 4.74 Å². The van der Waals surface area contributed by atoms with Crippen molar-refractivity contribution in [3.05, 3.63) is 90.0 Å². The molecular formula is C25H26F2N2O4S2. The van der Waals surface area contributed by atoms with Crippen molar-refractivity contribution in [3.63, 3.8) is 0 Å². The first kappa shape index (κ1) is 26.5. The van der Waals surface area contributed by atoms with Gasteiger partial charge in [0.05, 0.1) is 17.7 Å². The van der Waals surface area contributed by atoms with Crippen LogP contribution in [-0.4, -0.2) is 40.3 Å².